The second-order valence-electron chi connectivity index (χ2n) is 2.78. The third-order valence-electron chi connectivity index (χ3n) is 1.96. The molecule has 1 aromatic rings. The van der Waals surface area contributed by atoms with E-state index in [0.717, 1.165) is 5.56 Å². The van der Waals surface area contributed by atoms with Crippen molar-refractivity contribution in [2.24, 2.45) is 0 Å². The highest BCUT2D eigenvalue weighted by Crippen LogP contribution is 2.16. The number of pyridine rings is 1. The van der Waals surface area contributed by atoms with Crippen molar-refractivity contribution in [1.82, 2.24) is 4.98 Å². The molecule has 0 fully saturated rings. The van der Waals surface area contributed by atoms with Gasteiger partial charge in [0.15, 0.2) is 6.29 Å². The minimum Gasteiger partial charge on any atom is -0.481 e. The molecule has 92 valence electrons. The summed E-state index contributed by atoms with van der Waals surface area (Å²) in [5.74, 6) is 2.43. The van der Waals surface area contributed by atoms with Gasteiger partial charge in [-0.2, -0.15) is 0 Å². The number of hydrogen-bond acceptors (Lipinski definition) is 4. The zero-order chi connectivity index (χ0) is 12.4. The van der Waals surface area contributed by atoms with E-state index in [-0.39, 0.29) is 6.29 Å². The van der Waals surface area contributed by atoms with Gasteiger partial charge in [0.25, 0.3) is 0 Å². The van der Waals surface area contributed by atoms with Gasteiger partial charge in [0.05, 0.1) is 7.11 Å². The van der Waals surface area contributed by atoms with Gasteiger partial charge in [0.1, 0.15) is 0 Å². The van der Waals surface area contributed by atoms with Crippen LogP contribution in [0.25, 0.3) is 0 Å². The Morgan fingerprint density at radius 2 is 1.88 bits per heavy atom. The van der Waals surface area contributed by atoms with E-state index in [9.17, 15) is 0 Å². The Morgan fingerprint density at radius 3 is 2.38 bits per heavy atom. The Labute approximate surface area is 105 Å². The Kier molecular flexibility index (Phi) is 9.18. The molecule has 0 bridgehead atoms. The van der Waals surface area contributed by atoms with Gasteiger partial charge in [0, 0.05) is 32.4 Å². The van der Waals surface area contributed by atoms with E-state index < -0.39 is 0 Å². The van der Waals surface area contributed by atoms with Crippen LogP contribution in [0, 0.1) is 0 Å². The lowest BCUT2D eigenvalue weighted by Gasteiger charge is -2.14. The van der Waals surface area contributed by atoms with Crippen LogP contribution < -0.4 is 4.74 Å². The van der Waals surface area contributed by atoms with Crippen molar-refractivity contribution < 1.29 is 14.2 Å². The first-order valence-electron chi connectivity index (χ1n) is 4.73. The quantitative estimate of drug-likeness (QED) is 0.616. The SMILES string of the molecule is CBr.COc1ncccc1CC(OC)OC. The number of alkyl halides is 1. The smallest absolute Gasteiger partial charge is 0.216 e. The van der Waals surface area contributed by atoms with E-state index in [1.54, 1.807) is 27.5 Å². The van der Waals surface area contributed by atoms with Gasteiger partial charge in [0.2, 0.25) is 5.88 Å². The Hall–Kier alpha value is -0.650. The zero-order valence-electron chi connectivity index (χ0n) is 10.1. The molecule has 0 unspecified atom stereocenters. The van der Waals surface area contributed by atoms with Crippen LogP contribution in [0.3, 0.4) is 0 Å². The maximum atomic E-state index is 5.11. The number of hydrogen-bond donors (Lipinski definition) is 0. The van der Waals surface area contributed by atoms with Crippen molar-refractivity contribution in [3.63, 3.8) is 0 Å². The minimum absolute atomic E-state index is 0.256. The van der Waals surface area contributed by atoms with Crippen molar-refractivity contribution in [2.45, 2.75) is 12.7 Å². The van der Waals surface area contributed by atoms with Gasteiger partial charge in [-0.1, -0.05) is 22.0 Å². The van der Waals surface area contributed by atoms with Crippen molar-refractivity contribution >= 4 is 15.9 Å². The normalized spacial score (nSPS) is 9.62. The first-order chi connectivity index (χ1) is 7.81. The lowest BCUT2D eigenvalue weighted by molar-refractivity contribution is -0.100. The predicted octanol–water partition coefficient (Wildman–Crippen LogP) is 2.26. The molecule has 0 aliphatic rings. The van der Waals surface area contributed by atoms with Crippen LogP contribution >= 0.6 is 15.9 Å². The van der Waals surface area contributed by atoms with Crippen LogP contribution in [0.2, 0.25) is 0 Å². The Bertz CT molecular complexity index is 280. The van der Waals surface area contributed by atoms with Gasteiger partial charge in [-0.25, -0.2) is 4.98 Å². The maximum absolute atomic E-state index is 5.11. The van der Waals surface area contributed by atoms with Gasteiger partial charge in [-0.3, -0.25) is 0 Å². The molecule has 0 N–H and O–H groups in total. The molecular formula is C11H18BrNO3. The number of halogens is 1. The largest absolute Gasteiger partial charge is 0.481 e. The third kappa shape index (κ3) is 4.92. The molecule has 0 spiro atoms. The Balaban J connectivity index is 0.00000106. The van der Waals surface area contributed by atoms with E-state index in [0.29, 0.717) is 12.3 Å². The van der Waals surface area contributed by atoms with Crippen LogP contribution in [0.4, 0.5) is 0 Å². The van der Waals surface area contributed by atoms with Gasteiger partial charge < -0.3 is 14.2 Å². The number of ether oxygens (including phenoxy) is 3. The number of methoxy groups -OCH3 is 3. The fraction of sp³-hybridized carbons (Fsp3) is 0.545. The fourth-order valence-electron chi connectivity index (χ4n) is 1.21. The summed E-state index contributed by atoms with van der Waals surface area (Å²) in [6.45, 7) is 0. The average Bonchev–Trinajstić information content (AvgIpc) is 2.38. The fourth-order valence-corrected chi connectivity index (χ4v) is 1.21. The van der Waals surface area contributed by atoms with E-state index in [4.69, 9.17) is 14.2 Å². The highest BCUT2D eigenvalue weighted by Gasteiger charge is 2.10. The van der Waals surface area contributed by atoms with Gasteiger partial charge >= 0.3 is 0 Å². The molecule has 0 saturated carbocycles. The van der Waals surface area contributed by atoms with E-state index in [2.05, 4.69) is 20.9 Å². The summed E-state index contributed by atoms with van der Waals surface area (Å²) in [6, 6.07) is 3.80. The lowest BCUT2D eigenvalue weighted by atomic mass is 10.2. The summed E-state index contributed by atoms with van der Waals surface area (Å²) in [5.41, 5.74) is 0.976. The summed E-state index contributed by atoms with van der Waals surface area (Å²) in [5, 5.41) is 0. The van der Waals surface area contributed by atoms with Gasteiger partial charge in [-0.15, -0.1) is 0 Å². The summed E-state index contributed by atoms with van der Waals surface area (Å²) in [4.78, 5) is 4.09. The molecule has 1 heterocycles. The molecule has 0 aliphatic heterocycles. The molecular weight excluding hydrogens is 274 g/mol. The minimum atomic E-state index is -0.256. The Morgan fingerprint density at radius 1 is 1.25 bits per heavy atom. The molecule has 16 heavy (non-hydrogen) atoms. The topological polar surface area (TPSA) is 40.6 Å². The number of nitrogens with zero attached hydrogens (tertiary/aromatic N) is 1. The first-order valence-corrected chi connectivity index (χ1v) is 6.31. The molecule has 0 aromatic carbocycles. The van der Waals surface area contributed by atoms with Crippen molar-refractivity contribution in [1.29, 1.82) is 0 Å². The number of aromatic nitrogens is 1. The van der Waals surface area contributed by atoms with Crippen LogP contribution in [-0.4, -0.2) is 38.4 Å². The molecule has 0 amide bonds. The molecule has 0 aliphatic carbocycles. The van der Waals surface area contributed by atoms with E-state index in [1.165, 1.54) is 0 Å². The molecule has 0 saturated heterocycles. The van der Waals surface area contributed by atoms with Crippen LogP contribution in [0.15, 0.2) is 18.3 Å². The predicted molar refractivity (Wildman–Crippen MR) is 67.2 cm³/mol. The highest BCUT2D eigenvalue weighted by molar-refractivity contribution is 9.08. The standard InChI is InChI=1S/C10H15NO3.CH3Br/c1-12-9(13-2)7-8-5-4-6-11-10(8)14-3;1-2/h4-6,9H,7H2,1-3H3;1H3. The van der Waals surface area contributed by atoms with Crippen LogP contribution in [0.5, 0.6) is 5.88 Å². The van der Waals surface area contributed by atoms with Crippen molar-refractivity contribution in [3.05, 3.63) is 23.9 Å². The molecule has 4 nitrogen and oxygen atoms in total. The van der Waals surface area contributed by atoms with Gasteiger partial charge in [-0.05, 0) is 11.9 Å². The molecule has 0 atom stereocenters. The second kappa shape index (κ2) is 9.57. The van der Waals surface area contributed by atoms with E-state index in [1.807, 2.05) is 18.0 Å². The summed E-state index contributed by atoms with van der Waals surface area (Å²) >= 11 is 2.94. The summed E-state index contributed by atoms with van der Waals surface area (Å²) in [7, 11) is 4.81. The first kappa shape index (κ1) is 15.3. The molecule has 5 heteroatoms. The summed E-state index contributed by atoms with van der Waals surface area (Å²) < 4.78 is 15.3. The average molecular weight is 292 g/mol. The zero-order valence-corrected chi connectivity index (χ0v) is 11.7. The highest BCUT2D eigenvalue weighted by atomic mass is 79.9. The van der Waals surface area contributed by atoms with Crippen molar-refractivity contribution in [2.75, 3.05) is 27.2 Å². The summed E-state index contributed by atoms with van der Waals surface area (Å²) in [6.07, 6.45) is 2.06. The second-order valence-corrected chi connectivity index (χ2v) is 2.78. The third-order valence-corrected chi connectivity index (χ3v) is 1.96. The van der Waals surface area contributed by atoms with Crippen molar-refractivity contribution in [3.8, 4) is 5.88 Å². The molecule has 1 aromatic heterocycles. The maximum Gasteiger partial charge on any atom is 0.216 e. The van der Waals surface area contributed by atoms with Crippen LogP contribution in [-0.2, 0) is 15.9 Å². The van der Waals surface area contributed by atoms with Crippen LogP contribution in [0.1, 0.15) is 5.56 Å². The molecule has 1 rings (SSSR count). The lowest BCUT2D eigenvalue weighted by Crippen LogP contribution is -2.16. The molecule has 0 radical (unpaired) electrons. The number of rotatable bonds is 5. The monoisotopic (exact) mass is 291 g/mol. The van der Waals surface area contributed by atoms with E-state index >= 15 is 0 Å².